The molecule has 0 saturated carbocycles. The van der Waals surface area contributed by atoms with Gasteiger partial charge < -0.3 is 4.74 Å². The molecule has 2 aliphatic heterocycles. The molecule has 0 aromatic heterocycles. The maximum absolute atomic E-state index is 12.6. The van der Waals surface area contributed by atoms with Crippen molar-refractivity contribution in [1.29, 1.82) is 0 Å². The van der Waals surface area contributed by atoms with Crippen molar-refractivity contribution in [2.45, 2.75) is 12.8 Å². The van der Waals surface area contributed by atoms with Crippen molar-refractivity contribution in [3.05, 3.63) is 29.3 Å². The molecule has 130 valence electrons. The molecule has 1 aromatic rings. The number of rotatable bonds is 6. The Morgan fingerprint density at radius 2 is 2.08 bits per heavy atom. The smallest absolute Gasteiger partial charge is 0.237 e. The van der Waals surface area contributed by atoms with Crippen LogP contribution in [-0.4, -0.2) is 60.0 Å². The topological polar surface area (TPSA) is 49.9 Å². The summed E-state index contributed by atoms with van der Waals surface area (Å²) in [5, 5.41) is 0.671. The molecule has 2 aliphatic rings. The number of amides is 2. The zero-order valence-corrected chi connectivity index (χ0v) is 15.2. The first-order valence-electron chi connectivity index (χ1n) is 8.00. The summed E-state index contributed by atoms with van der Waals surface area (Å²) >= 11 is 7.60. The summed E-state index contributed by atoms with van der Waals surface area (Å²) in [6.07, 6.45) is 1.19. The van der Waals surface area contributed by atoms with Gasteiger partial charge in [-0.3, -0.25) is 19.4 Å². The average Bonchev–Trinajstić information content (AvgIpc) is 3.11. The summed E-state index contributed by atoms with van der Waals surface area (Å²) in [5.41, 5.74) is -0.428. The van der Waals surface area contributed by atoms with Crippen molar-refractivity contribution in [1.82, 2.24) is 9.80 Å². The largest absolute Gasteiger partial charge is 0.492 e. The lowest BCUT2D eigenvalue weighted by atomic mass is 9.86. The van der Waals surface area contributed by atoms with Gasteiger partial charge in [0.15, 0.2) is 0 Å². The SMILES string of the molecule is CN(CCOc1ccc(Cl)cc1)CN1C(=O)C[C@@]2(CCSC2)C1=O. The second-order valence-electron chi connectivity index (χ2n) is 6.41. The molecular formula is C17H21ClN2O3S. The number of nitrogens with zero attached hydrogens (tertiary/aromatic N) is 2. The van der Waals surface area contributed by atoms with Crippen molar-refractivity contribution >= 4 is 35.2 Å². The van der Waals surface area contributed by atoms with Gasteiger partial charge in [-0.25, -0.2) is 0 Å². The summed E-state index contributed by atoms with van der Waals surface area (Å²) in [7, 11) is 1.89. The van der Waals surface area contributed by atoms with Crippen molar-refractivity contribution in [3.63, 3.8) is 0 Å². The van der Waals surface area contributed by atoms with Crippen molar-refractivity contribution in [2.75, 3.05) is 38.4 Å². The van der Waals surface area contributed by atoms with Gasteiger partial charge in [-0.05, 0) is 43.5 Å². The van der Waals surface area contributed by atoms with Crippen LogP contribution in [0.3, 0.4) is 0 Å². The zero-order chi connectivity index (χ0) is 17.2. The predicted octanol–water partition coefficient (Wildman–Crippen LogP) is 2.49. The Bertz CT molecular complexity index is 617. The number of carbonyl (C=O) groups is 2. The second kappa shape index (κ2) is 7.33. The van der Waals surface area contributed by atoms with E-state index in [0.29, 0.717) is 31.3 Å². The standard InChI is InChI=1S/C17H21ClN2O3S/c1-19(7-8-23-14-4-2-13(18)3-5-14)12-20-15(21)10-17(16(20)22)6-9-24-11-17/h2-5H,6-12H2,1H3/t17-/m1/s1. The Hall–Kier alpha value is -1.24. The highest BCUT2D eigenvalue weighted by atomic mass is 35.5. The van der Waals surface area contributed by atoms with E-state index >= 15 is 0 Å². The van der Waals surface area contributed by atoms with E-state index in [1.165, 1.54) is 4.90 Å². The lowest BCUT2D eigenvalue weighted by Gasteiger charge is -2.25. The highest BCUT2D eigenvalue weighted by Crippen LogP contribution is 2.44. The van der Waals surface area contributed by atoms with E-state index in [0.717, 1.165) is 23.7 Å². The number of hydrogen-bond donors (Lipinski definition) is 0. The Kier molecular flexibility index (Phi) is 5.37. The van der Waals surface area contributed by atoms with Crippen LogP contribution >= 0.6 is 23.4 Å². The molecule has 2 amide bonds. The lowest BCUT2D eigenvalue weighted by Crippen LogP contribution is -2.43. The summed E-state index contributed by atoms with van der Waals surface area (Å²) in [5.74, 6) is 2.45. The molecule has 1 spiro atoms. The van der Waals surface area contributed by atoms with Gasteiger partial charge in [-0.15, -0.1) is 0 Å². The average molecular weight is 369 g/mol. The molecule has 5 nitrogen and oxygen atoms in total. The predicted molar refractivity (Wildman–Crippen MR) is 95.3 cm³/mol. The van der Waals surface area contributed by atoms with Crippen LogP contribution < -0.4 is 4.74 Å². The van der Waals surface area contributed by atoms with Crippen LogP contribution in [0.1, 0.15) is 12.8 Å². The molecule has 0 bridgehead atoms. The van der Waals surface area contributed by atoms with Crippen molar-refractivity contribution < 1.29 is 14.3 Å². The Morgan fingerprint density at radius 1 is 1.33 bits per heavy atom. The molecule has 0 unspecified atom stereocenters. The quantitative estimate of drug-likeness (QED) is 0.722. The third kappa shape index (κ3) is 3.71. The first-order valence-corrected chi connectivity index (χ1v) is 9.53. The van der Waals surface area contributed by atoms with Crippen molar-refractivity contribution in [3.8, 4) is 5.75 Å². The van der Waals surface area contributed by atoms with Crippen LogP contribution in [0.15, 0.2) is 24.3 Å². The number of thioether (sulfide) groups is 1. The van der Waals surface area contributed by atoms with Gasteiger partial charge in [0.05, 0.1) is 12.1 Å². The molecule has 0 aliphatic carbocycles. The van der Waals surface area contributed by atoms with E-state index in [4.69, 9.17) is 16.3 Å². The van der Waals surface area contributed by atoms with Crippen LogP contribution in [-0.2, 0) is 9.59 Å². The summed E-state index contributed by atoms with van der Waals surface area (Å²) < 4.78 is 5.65. The Balaban J connectivity index is 1.48. The van der Waals surface area contributed by atoms with E-state index in [2.05, 4.69) is 0 Å². The molecule has 1 aromatic carbocycles. The third-order valence-corrected chi connectivity index (χ3v) is 6.03. The van der Waals surface area contributed by atoms with Gasteiger partial charge in [0.1, 0.15) is 12.4 Å². The number of likely N-dealkylation sites (tertiary alicyclic amines) is 1. The van der Waals surface area contributed by atoms with Gasteiger partial charge in [0.25, 0.3) is 0 Å². The van der Waals surface area contributed by atoms with Crippen LogP contribution in [0.5, 0.6) is 5.75 Å². The molecule has 0 N–H and O–H groups in total. The summed E-state index contributed by atoms with van der Waals surface area (Å²) in [4.78, 5) is 28.2. The molecule has 2 fully saturated rings. The fourth-order valence-corrected chi connectivity index (χ4v) is 4.65. The maximum Gasteiger partial charge on any atom is 0.237 e. The molecule has 1 atom stereocenters. The number of benzene rings is 1. The van der Waals surface area contributed by atoms with Gasteiger partial charge in [0.2, 0.25) is 11.8 Å². The molecule has 0 radical (unpaired) electrons. The highest BCUT2D eigenvalue weighted by molar-refractivity contribution is 7.99. The van der Waals surface area contributed by atoms with Crippen LogP contribution in [0.25, 0.3) is 0 Å². The molecule has 7 heteroatoms. The first kappa shape index (κ1) is 17.6. The van der Waals surface area contributed by atoms with Crippen LogP contribution in [0.4, 0.5) is 0 Å². The van der Waals surface area contributed by atoms with E-state index in [9.17, 15) is 9.59 Å². The van der Waals surface area contributed by atoms with Crippen LogP contribution in [0.2, 0.25) is 5.02 Å². The van der Waals surface area contributed by atoms with Crippen LogP contribution in [0, 0.1) is 5.41 Å². The normalized spacial score (nSPS) is 23.7. The maximum atomic E-state index is 12.6. The van der Waals surface area contributed by atoms with E-state index in [1.54, 1.807) is 23.9 Å². The Morgan fingerprint density at radius 3 is 2.75 bits per heavy atom. The number of ether oxygens (including phenoxy) is 1. The lowest BCUT2D eigenvalue weighted by molar-refractivity contribution is -0.143. The van der Waals surface area contributed by atoms with E-state index in [1.807, 2.05) is 24.1 Å². The number of likely N-dealkylation sites (N-methyl/N-ethyl adjacent to an activating group) is 1. The fourth-order valence-electron chi connectivity index (χ4n) is 3.08. The molecule has 2 heterocycles. The number of imide groups is 1. The van der Waals surface area contributed by atoms with E-state index in [-0.39, 0.29) is 11.8 Å². The van der Waals surface area contributed by atoms with Gasteiger partial charge in [-0.2, -0.15) is 11.8 Å². The monoisotopic (exact) mass is 368 g/mol. The zero-order valence-electron chi connectivity index (χ0n) is 13.7. The number of hydrogen-bond acceptors (Lipinski definition) is 5. The fraction of sp³-hybridized carbons (Fsp3) is 0.529. The highest BCUT2D eigenvalue weighted by Gasteiger charge is 2.53. The molecular weight excluding hydrogens is 348 g/mol. The van der Waals surface area contributed by atoms with E-state index < -0.39 is 5.41 Å². The molecule has 24 heavy (non-hydrogen) atoms. The Labute approximate surface area is 151 Å². The van der Waals surface area contributed by atoms with Gasteiger partial charge >= 0.3 is 0 Å². The second-order valence-corrected chi connectivity index (χ2v) is 7.95. The number of carbonyl (C=O) groups excluding carboxylic acids is 2. The first-order chi connectivity index (χ1) is 11.5. The summed E-state index contributed by atoms with van der Waals surface area (Å²) in [6, 6.07) is 7.19. The minimum absolute atomic E-state index is 0.00275. The minimum atomic E-state index is -0.428. The third-order valence-electron chi connectivity index (χ3n) is 4.53. The minimum Gasteiger partial charge on any atom is -0.492 e. The molecule has 3 rings (SSSR count). The number of halogens is 1. The van der Waals surface area contributed by atoms with Crippen molar-refractivity contribution in [2.24, 2.45) is 5.41 Å². The summed E-state index contributed by atoms with van der Waals surface area (Å²) in [6.45, 7) is 1.44. The molecule has 2 saturated heterocycles. The van der Waals surface area contributed by atoms with Gasteiger partial charge in [-0.1, -0.05) is 11.6 Å². The van der Waals surface area contributed by atoms with Gasteiger partial charge in [0, 0.05) is 23.7 Å².